The zero-order valence-corrected chi connectivity index (χ0v) is 19.3. The number of pyridine rings is 2. The van der Waals surface area contributed by atoms with Crippen LogP contribution in [0, 0.1) is 0 Å². The standard InChI is InChI=1S/C25H31N7O/c1-18(21-16-26-8-7-23(21)33-20-4-5-20)14-27-24-13-22(29-17-30-24)19-3-6-25(28-15-19)32-11-9-31(2)10-12-32/h3,6-8,13,15-18,20H,4-5,9-12,14H2,1-2H3,(H,27,29,30). The highest BCUT2D eigenvalue weighted by Crippen LogP contribution is 2.32. The summed E-state index contributed by atoms with van der Waals surface area (Å²) < 4.78 is 6.06. The molecule has 1 saturated carbocycles. The maximum Gasteiger partial charge on any atom is 0.129 e. The summed E-state index contributed by atoms with van der Waals surface area (Å²) in [5, 5.41) is 3.45. The van der Waals surface area contributed by atoms with Gasteiger partial charge in [0.1, 0.15) is 23.7 Å². The molecular weight excluding hydrogens is 414 g/mol. The highest BCUT2D eigenvalue weighted by molar-refractivity contribution is 5.62. The number of hydrogen-bond donors (Lipinski definition) is 1. The van der Waals surface area contributed by atoms with Crippen LogP contribution in [0.3, 0.4) is 0 Å². The molecular formula is C25H31N7O. The minimum absolute atomic E-state index is 0.232. The van der Waals surface area contributed by atoms with Crippen molar-refractivity contribution in [3.63, 3.8) is 0 Å². The molecule has 0 radical (unpaired) electrons. The van der Waals surface area contributed by atoms with E-state index in [1.807, 2.05) is 24.5 Å². The van der Waals surface area contributed by atoms with Crippen LogP contribution in [0.15, 0.2) is 49.2 Å². The summed E-state index contributed by atoms with van der Waals surface area (Å²) in [6.07, 6.45) is 9.85. The van der Waals surface area contributed by atoms with Crippen molar-refractivity contribution in [3.8, 4) is 17.0 Å². The van der Waals surface area contributed by atoms with E-state index in [0.717, 1.165) is 79.8 Å². The highest BCUT2D eigenvalue weighted by Gasteiger charge is 2.25. The van der Waals surface area contributed by atoms with Crippen molar-refractivity contribution in [3.05, 3.63) is 54.7 Å². The lowest BCUT2D eigenvalue weighted by molar-refractivity contribution is 0.298. The summed E-state index contributed by atoms with van der Waals surface area (Å²) in [6, 6.07) is 8.12. The van der Waals surface area contributed by atoms with E-state index in [2.05, 4.69) is 56.2 Å². The predicted molar refractivity (Wildman–Crippen MR) is 130 cm³/mol. The maximum atomic E-state index is 6.06. The van der Waals surface area contributed by atoms with Gasteiger partial charge in [-0.25, -0.2) is 15.0 Å². The summed E-state index contributed by atoms with van der Waals surface area (Å²) >= 11 is 0. The number of aromatic nitrogens is 4. The second kappa shape index (κ2) is 9.70. The number of nitrogens with one attached hydrogen (secondary N) is 1. The van der Waals surface area contributed by atoms with Crippen LogP contribution in [0.2, 0.25) is 0 Å². The van der Waals surface area contributed by atoms with Gasteiger partial charge in [0, 0.05) is 74.4 Å². The van der Waals surface area contributed by atoms with E-state index >= 15 is 0 Å². The van der Waals surface area contributed by atoms with Gasteiger partial charge in [-0.1, -0.05) is 6.92 Å². The predicted octanol–water partition coefficient (Wildman–Crippen LogP) is 3.44. The van der Waals surface area contributed by atoms with Crippen molar-refractivity contribution in [2.24, 2.45) is 0 Å². The van der Waals surface area contributed by atoms with Gasteiger partial charge >= 0.3 is 0 Å². The smallest absolute Gasteiger partial charge is 0.129 e. The molecule has 0 bridgehead atoms. The molecule has 0 amide bonds. The molecule has 4 heterocycles. The van der Waals surface area contributed by atoms with E-state index in [1.165, 1.54) is 0 Å². The van der Waals surface area contributed by atoms with Crippen LogP contribution in [0.25, 0.3) is 11.3 Å². The Morgan fingerprint density at radius 3 is 2.67 bits per heavy atom. The number of hydrogen-bond acceptors (Lipinski definition) is 8. The Hall–Kier alpha value is -3.26. The largest absolute Gasteiger partial charge is 0.490 e. The van der Waals surface area contributed by atoms with E-state index in [0.29, 0.717) is 6.10 Å². The van der Waals surface area contributed by atoms with Gasteiger partial charge in [-0.2, -0.15) is 0 Å². The van der Waals surface area contributed by atoms with E-state index in [1.54, 1.807) is 12.5 Å². The molecule has 8 heteroatoms. The summed E-state index contributed by atoms with van der Waals surface area (Å²) in [4.78, 5) is 22.5. The quantitative estimate of drug-likeness (QED) is 0.565. The van der Waals surface area contributed by atoms with Crippen molar-refractivity contribution >= 4 is 11.6 Å². The molecule has 33 heavy (non-hydrogen) atoms. The fourth-order valence-electron chi connectivity index (χ4n) is 3.98. The van der Waals surface area contributed by atoms with Crippen LogP contribution in [-0.4, -0.2) is 70.7 Å². The maximum absolute atomic E-state index is 6.06. The van der Waals surface area contributed by atoms with Gasteiger partial charge in [-0.3, -0.25) is 4.98 Å². The second-order valence-corrected chi connectivity index (χ2v) is 9.00. The fraction of sp³-hybridized carbons (Fsp3) is 0.440. The normalized spacial score (nSPS) is 17.6. The Bertz CT molecular complexity index is 1060. The molecule has 1 N–H and O–H groups in total. The molecule has 1 aliphatic carbocycles. The lowest BCUT2D eigenvalue weighted by Gasteiger charge is -2.33. The molecule has 2 fully saturated rings. The van der Waals surface area contributed by atoms with Gasteiger partial charge in [-0.15, -0.1) is 0 Å². The van der Waals surface area contributed by atoms with Crippen LogP contribution in [0.5, 0.6) is 5.75 Å². The molecule has 1 unspecified atom stereocenters. The number of anilines is 2. The van der Waals surface area contributed by atoms with Crippen molar-refractivity contribution in [1.29, 1.82) is 0 Å². The lowest BCUT2D eigenvalue weighted by Crippen LogP contribution is -2.44. The number of likely N-dealkylation sites (N-methyl/N-ethyl adjacent to an activating group) is 1. The molecule has 0 aromatic carbocycles. The number of ether oxygens (including phenoxy) is 1. The average Bonchev–Trinajstić information content (AvgIpc) is 3.68. The van der Waals surface area contributed by atoms with Crippen molar-refractivity contribution in [1.82, 2.24) is 24.8 Å². The molecule has 1 saturated heterocycles. The summed E-state index contributed by atoms with van der Waals surface area (Å²) in [5.74, 6) is 2.99. The molecule has 8 nitrogen and oxygen atoms in total. The monoisotopic (exact) mass is 445 g/mol. The molecule has 1 atom stereocenters. The zero-order chi connectivity index (χ0) is 22.6. The highest BCUT2D eigenvalue weighted by atomic mass is 16.5. The van der Waals surface area contributed by atoms with Gasteiger partial charge in [-0.05, 0) is 38.1 Å². The molecule has 5 rings (SSSR count). The van der Waals surface area contributed by atoms with Crippen molar-refractivity contribution in [2.45, 2.75) is 31.8 Å². The third-order valence-corrected chi connectivity index (χ3v) is 6.29. The Labute approximate surface area is 195 Å². The Morgan fingerprint density at radius 1 is 1.06 bits per heavy atom. The van der Waals surface area contributed by atoms with Crippen molar-refractivity contribution < 1.29 is 4.74 Å². The molecule has 1 aliphatic heterocycles. The van der Waals surface area contributed by atoms with Crippen molar-refractivity contribution in [2.75, 3.05) is 50.0 Å². The minimum Gasteiger partial charge on any atom is -0.490 e. The minimum atomic E-state index is 0.232. The second-order valence-electron chi connectivity index (χ2n) is 9.00. The third-order valence-electron chi connectivity index (χ3n) is 6.29. The number of nitrogens with zero attached hydrogens (tertiary/aromatic N) is 6. The van der Waals surface area contributed by atoms with E-state index < -0.39 is 0 Å². The first-order valence-electron chi connectivity index (χ1n) is 11.7. The van der Waals surface area contributed by atoms with Crippen LogP contribution < -0.4 is 15.0 Å². The van der Waals surface area contributed by atoms with Gasteiger partial charge in [0.25, 0.3) is 0 Å². The molecule has 2 aliphatic rings. The zero-order valence-electron chi connectivity index (χ0n) is 19.3. The van der Waals surface area contributed by atoms with Crippen LogP contribution in [0.4, 0.5) is 11.6 Å². The van der Waals surface area contributed by atoms with Gasteiger partial charge in [0.05, 0.1) is 11.8 Å². The van der Waals surface area contributed by atoms with Gasteiger partial charge in [0.2, 0.25) is 0 Å². The number of rotatable bonds is 8. The molecule has 3 aromatic heterocycles. The molecule has 172 valence electrons. The molecule has 0 spiro atoms. The lowest BCUT2D eigenvalue weighted by atomic mass is 10.0. The van der Waals surface area contributed by atoms with Gasteiger partial charge < -0.3 is 19.9 Å². The average molecular weight is 446 g/mol. The van der Waals surface area contributed by atoms with Crippen LogP contribution in [-0.2, 0) is 0 Å². The SMILES string of the molecule is CC(CNc1cc(-c2ccc(N3CCN(C)CC3)nc2)ncn1)c1cnccc1OC1CC1. The first-order chi connectivity index (χ1) is 16.2. The van der Waals surface area contributed by atoms with Gasteiger partial charge in [0.15, 0.2) is 0 Å². The fourth-order valence-corrected chi connectivity index (χ4v) is 3.98. The summed E-state index contributed by atoms with van der Waals surface area (Å²) in [6.45, 7) is 7.04. The van der Waals surface area contributed by atoms with E-state index in [4.69, 9.17) is 9.72 Å². The van der Waals surface area contributed by atoms with E-state index in [-0.39, 0.29) is 5.92 Å². The number of piperazine rings is 1. The third kappa shape index (κ3) is 5.39. The van der Waals surface area contributed by atoms with Crippen LogP contribution >= 0.6 is 0 Å². The summed E-state index contributed by atoms with van der Waals surface area (Å²) in [7, 11) is 2.16. The summed E-state index contributed by atoms with van der Waals surface area (Å²) in [5.41, 5.74) is 2.96. The Morgan fingerprint density at radius 2 is 1.91 bits per heavy atom. The van der Waals surface area contributed by atoms with E-state index in [9.17, 15) is 0 Å². The van der Waals surface area contributed by atoms with Crippen LogP contribution in [0.1, 0.15) is 31.2 Å². The molecule has 3 aromatic rings. The first kappa shape index (κ1) is 21.6. The first-order valence-corrected chi connectivity index (χ1v) is 11.7. The Kier molecular flexibility index (Phi) is 6.35. The topological polar surface area (TPSA) is 79.3 Å². The Balaban J connectivity index is 1.22.